The maximum atomic E-state index is 11.7. The summed E-state index contributed by atoms with van der Waals surface area (Å²) in [5.41, 5.74) is -0.172. The highest BCUT2D eigenvalue weighted by molar-refractivity contribution is 5.82. The molecule has 0 spiro atoms. The summed E-state index contributed by atoms with van der Waals surface area (Å²) in [6, 6.07) is -0.269. The molecule has 1 unspecified atom stereocenters. The van der Waals surface area contributed by atoms with Crippen molar-refractivity contribution >= 4 is 11.9 Å². The Kier molecular flexibility index (Phi) is 3.78. The Hall–Kier alpha value is -1.26. The minimum absolute atomic E-state index is 0.0710. The van der Waals surface area contributed by atoms with Crippen LogP contribution in [0.15, 0.2) is 0 Å². The van der Waals surface area contributed by atoms with E-state index in [1.807, 2.05) is 32.6 Å². The minimum atomic E-state index is -0.198. The highest BCUT2D eigenvalue weighted by Crippen LogP contribution is 2.21. The molecule has 0 bridgehead atoms. The Morgan fingerprint density at radius 2 is 2.12 bits per heavy atom. The van der Waals surface area contributed by atoms with E-state index in [-0.39, 0.29) is 23.5 Å². The summed E-state index contributed by atoms with van der Waals surface area (Å²) >= 11 is 0. The quantitative estimate of drug-likeness (QED) is 0.729. The second kappa shape index (κ2) is 4.72. The van der Waals surface area contributed by atoms with Crippen molar-refractivity contribution in [2.75, 3.05) is 13.1 Å². The van der Waals surface area contributed by atoms with Gasteiger partial charge in [-0.05, 0) is 27.7 Å². The van der Waals surface area contributed by atoms with Crippen LogP contribution in [-0.4, -0.2) is 41.5 Å². The van der Waals surface area contributed by atoms with E-state index in [9.17, 15) is 9.59 Å². The average molecular weight is 227 g/mol. The molecule has 5 nitrogen and oxygen atoms in total. The van der Waals surface area contributed by atoms with E-state index in [0.717, 1.165) is 0 Å². The third-order valence-corrected chi connectivity index (χ3v) is 2.61. The highest BCUT2D eigenvalue weighted by Gasteiger charge is 2.36. The number of nitrogens with zero attached hydrogens (tertiary/aromatic N) is 1. The molecule has 1 fully saturated rings. The lowest BCUT2D eigenvalue weighted by Crippen LogP contribution is -2.46. The zero-order valence-corrected chi connectivity index (χ0v) is 10.5. The van der Waals surface area contributed by atoms with Gasteiger partial charge in [0.15, 0.2) is 0 Å². The van der Waals surface area contributed by atoms with E-state index in [2.05, 4.69) is 10.6 Å². The number of carbonyl (C=O) groups excluding carboxylic acids is 2. The zero-order valence-electron chi connectivity index (χ0n) is 10.5. The monoisotopic (exact) mass is 227 g/mol. The van der Waals surface area contributed by atoms with Crippen LogP contribution in [0.3, 0.4) is 0 Å². The fourth-order valence-electron chi connectivity index (χ4n) is 1.85. The normalized spacial score (nSPS) is 21.1. The van der Waals surface area contributed by atoms with Crippen molar-refractivity contribution in [2.24, 2.45) is 0 Å². The van der Waals surface area contributed by atoms with Gasteiger partial charge in [-0.2, -0.15) is 0 Å². The molecule has 1 aliphatic heterocycles. The second-order valence-corrected chi connectivity index (χ2v) is 5.08. The molecule has 1 saturated heterocycles. The summed E-state index contributed by atoms with van der Waals surface area (Å²) in [4.78, 5) is 24.8. The van der Waals surface area contributed by atoms with Crippen molar-refractivity contribution in [2.45, 2.75) is 45.7 Å². The number of likely N-dealkylation sites (tertiary alicyclic amines) is 1. The Morgan fingerprint density at radius 3 is 2.56 bits per heavy atom. The van der Waals surface area contributed by atoms with E-state index >= 15 is 0 Å². The van der Waals surface area contributed by atoms with Crippen LogP contribution >= 0.6 is 0 Å². The van der Waals surface area contributed by atoms with Crippen LogP contribution < -0.4 is 10.6 Å². The first-order valence-corrected chi connectivity index (χ1v) is 5.69. The lowest BCUT2D eigenvalue weighted by atomic mass is 10.1. The highest BCUT2D eigenvalue weighted by atomic mass is 16.2. The molecule has 1 aliphatic rings. The molecule has 2 N–H and O–H groups in total. The number of hydrogen-bond donors (Lipinski definition) is 2. The van der Waals surface area contributed by atoms with Crippen molar-refractivity contribution in [3.8, 4) is 0 Å². The lowest BCUT2D eigenvalue weighted by Gasteiger charge is -2.32. The SMILES string of the molecule is CCNC(=O)NC1CC(=O)N(C(C)(C)C)C1. The number of amides is 3. The fourth-order valence-corrected chi connectivity index (χ4v) is 1.85. The van der Waals surface area contributed by atoms with E-state index in [1.54, 1.807) is 0 Å². The van der Waals surface area contributed by atoms with Crippen molar-refractivity contribution in [1.29, 1.82) is 0 Å². The predicted octanol–water partition coefficient (Wildman–Crippen LogP) is 0.705. The number of nitrogens with one attached hydrogen (secondary N) is 2. The first-order valence-electron chi connectivity index (χ1n) is 5.69. The molecule has 1 rings (SSSR count). The van der Waals surface area contributed by atoms with Crippen LogP contribution in [0, 0.1) is 0 Å². The summed E-state index contributed by atoms with van der Waals surface area (Å²) in [5, 5.41) is 5.46. The van der Waals surface area contributed by atoms with E-state index < -0.39 is 0 Å². The van der Waals surface area contributed by atoms with Gasteiger partial charge in [-0.3, -0.25) is 4.79 Å². The van der Waals surface area contributed by atoms with Gasteiger partial charge in [0.1, 0.15) is 0 Å². The number of urea groups is 1. The van der Waals surface area contributed by atoms with Gasteiger partial charge in [0.25, 0.3) is 0 Å². The predicted molar refractivity (Wildman–Crippen MR) is 62.1 cm³/mol. The minimum Gasteiger partial charge on any atom is -0.338 e. The Morgan fingerprint density at radius 1 is 1.50 bits per heavy atom. The Bertz CT molecular complexity index is 283. The van der Waals surface area contributed by atoms with Gasteiger partial charge < -0.3 is 15.5 Å². The standard InChI is InChI=1S/C11H21N3O2/c1-5-12-10(16)13-8-6-9(15)14(7-8)11(2,3)4/h8H,5-7H2,1-4H3,(H2,12,13,16). The smallest absolute Gasteiger partial charge is 0.315 e. The van der Waals surface area contributed by atoms with Gasteiger partial charge in [-0.15, -0.1) is 0 Å². The molecule has 1 atom stereocenters. The molecule has 1 heterocycles. The van der Waals surface area contributed by atoms with Crippen LogP contribution in [0.5, 0.6) is 0 Å². The first-order chi connectivity index (χ1) is 7.34. The van der Waals surface area contributed by atoms with Crippen LogP contribution in [0.1, 0.15) is 34.1 Å². The van der Waals surface area contributed by atoms with Gasteiger partial charge in [0.05, 0.1) is 6.04 Å². The summed E-state index contributed by atoms with van der Waals surface area (Å²) in [6.07, 6.45) is 0.397. The third kappa shape index (κ3) is 3.12. The van der Waals surface area contributed by atoms with Crippen molar-refractivity contribution in [3.63, 3.8) is 0 Å². The van der Waals surface area contributed by atoms with Crippen molar-refractivity contribution < 1.29 is 9.59 Å². The molecule has 0 aromatic heterocycles. The summed E-state index contributed by atoms with van der Waals surface area (Å²) < 4.78 is 0. The molecule has 16 heavy (non-hydrogen) atoms. The van der Waals surface area contributed by atoms with Crippen LogP contribution in [0.4, 0.5) is 4.79 Å². The van der Waals surface area contributed by atoms with E-state index in [4.69, 9.17) is 0 Å². The summed E-state index contributed by atoms with van der Waals surface area (Å²) in [7, 11) is 0. The number of carbonyl (C=O) groups is 2. The molecule has 0 aliphatic carbocycles. The maximum absolute atomic E-state index is 11.7. The molecular weight excluding hydrogens is 206 g/mol. The van der Waals surface area contributed by atoms with Crippen molar-refractivity contribution in [3.05, 3.63) is 0 Å². The van der Waals surface area contributed by atoms with Gasteiger partial charge in [0.2, 0.25) is 5.91 Å². The summed E-state index contributed by atoms with van der Waals surface area (Å²) in [6.45, 7) is 9.05. The largest absolute Gasteiger partial charge is 0.338 e. The summed E-state index contributed by atoms with van der Waals surface area (Å²) in [5.74, 6) is 0.106. The van der Waals surface area contributed by atoms with Crippen LogP contribution in [-0.2, 0) is 4.79 Å². The molecule has 0 saturated carbocycles. The lowest BCUT2D eigenvalue weighted by molar-refractivity contribution is -0.131. The second-order valence-electron chi connectivity index (χ2n) is 5.08. The molecule has 92 valence electrons. The molecule has 3 amide bonds. The van der Waals surface area contributed by atoms with Crippen molar-refractivity contribution in [1.82, 2.24) is 15.5 Å². The van der Waals surface area contributed by atoms with Gasteiger partial charge in [-0.25, -0.2) is 4.79 Å². The first kappa shape index (κ1) is 12.8. The Balaban J connectivity index is 2.51. The fraction of sp³-hybridized carbons (Fsp3) is 0.818. The van der Waals surface area contributed by atoms with Gasteiger partial charge >= 0.3 is 6.03 Å². The maximum Gasteiger partial charge on any atom is 0.315 e. The Labute approximate surface area is 96.6 Å². The number of rotatable bonds is 2. The molecule has 0 aromatic carbocycles. The van der Waals surface area contributed by atoms with E-state index in [0.29, 0.717) is 19.5 Å². The molecule has 0 aromatic rings. The number of hydrogen-bond acceptors (Lipinski definition) is 2. The van der Waals surface area contributed by atoms with Crippen LogP contribution in [0.25, 0.3) is 0 Å². The molecule has 0 radical (unpaired) electrons. The van der Waals surface area contributed by atoms with Gasteiger partial charge in [-0.1, -0.05) is 0 Å². The third-order valence-electron chi connectivity index (χ3n) is 2.61. The van der Waals surface area contributed by atoms with E-state index in [1.165, 1.54) is 0 Å². The molecule has 5 heteroatoms. The average Bonchev–Trinajstić information content (AvgIpc) is 2.46. The molecular formula is C11H21N3O2. The van der Waals surface area contributed by atoms with Crippen LogP contribution in [0.2, 0.25) is 0 Å². The zero-order chi connectivity index (χ0) is 12.3. The van der Waals surface area contributed by atoms with Gasteiger partial charge in [0, 0.05) is 25.0 Å². The topological polar surface area (TPSA) is 61.4 Å².